The van der Waals surface area contributed by atoms with E-state index in [-0.39, 0.29) is 18.1 Å². The summed E-state index contributed by atoms with van der Waals surface area (Å²) in [6.07, 6.45) is 3.23. The first-order valence-corrected chi connectivity index (χ1v) is 9.52. The first kappa shape index (κ1) is 18.9. The third kappa shape index (κ3) is 4.18. The van der Waals surface area contributed by atoms with Crippen LogP contribution in [0.5, 0.6) is 0 Å². The van der Waals surface area contributed by atoms with E-state index in [2.05, 4.69) is 4.98 Å². The van der Waals surface area contributed by atoms with Crippen molar-refractivity contribution in [1.82, 2.24) is 14.3 Å². The summed E-state index contributed by atoms with van der Waals surface area (Å²) < 4.78 is 6.78. The zero-order valence-electron chi connectivity index (χ0n) is 16.1. The average molecular weight is 391 g/mol. The van der Waals surface area contributed by atoms with E-state index in [1.165, 1.54) is 10.5 Å². The van der Waals surface area contributed by atoms with Crippen molar-refractivity contribution >= 4 is 17.5 Å². The van der Waals surface area contributed by atoms with Crippen LogP contribution in [0.15, 0.2) is 53.5 Å². The van der Waals surface area contributed by atoms with E-state index < -0.39 is 5.97 Å². The molecule has 1 saturated heterocycles. The summed E-state index contributed by atoms with van der Waals surface area (Å²) in [5.74, 6) is -0.317. The molecule has 0 saturated carbocycles. The Labute approximate surface area is 167 Å². The second-order valence-electron chi connectivity index (χ2n) is 7.21. The molecule has 0 radical (unpaired) electrons. The highest BCUT2D eigenvalue weighted by Gasteiger charge is 2.20. The van der Waals surface area contributed by atoms with Gasteiger partial charge in [0.25, 0.3) is 5.56 Å². The number of fused-ring (bicyclic) bond motifs is 1. The Morgan fingerprint density at radius 1 is 1.14 bits per heavy atom. The van der Waals surface area contributed by atoms with Gasteiger partial charge in [-0.15, -0.1) is 0 Å². The predicted octanol–water partition coefficient (Wildman–Crippen LogP) is 2.48. The van der Waals surface area contributed by atoms with Crippen LogP contribution in [0.1, 0.15) is 40.0 Å². The van der Waals surface area contributed by atoms with Crippen molar-refractivity contribution in [2.45, 2.75) is 32.9 Å². The van der Waals surface area contributed by atoms with Crippen molar-refractivity contribution in [2.75, 3.05) is 6.54 Å². The number of aromatic nitrogens is 2. The molecule has 29 heavy (non-hydrogen) atoms. The molecule has 4 rings (SSSR count). The quantitative estimate of drug-likeness (QED) is 0.624. The van der Waals surface area contributed by atoms with Crippen molar-refractivity contribution in [1.29, 1.82) is 0 Å². The van der Waals surface area contributed by atoms with Crippen molar-refractivity contribution in [3.63, 3.8) is 0 Å². The van der Waals surface area contributed by atoms with Gasteiger partial charge >= 0.3 is 5.97 Å². The van der Waals surface area contributed by atoms with Gasteiger partial charge in [0.15, 0.2) is 0 Å². The van der Waals surface area contributed by atoms with Gasteiger partial charge in [-0.2, -0.15) is 0 Å². The highest BCUT2D eigenvalue weighted by molar-refractivity contribution is 5.89. The van der Waals surface area contributed by atoms with E-state index in [1.807, 2.05) is 30.0 Å². The lowest BCUT2D eigenvalue weighted by molar-refractivity contribution is -0.128. The van der Waals surface area contributed by atoms with Gasteiger partial charge < -0.3 is 9.64 Å². The molecule has 1 amide bonds. The maximum absolute atomic E-state index is 12.3. The van der Waals surface area contributed by atoms with E-state index >= 15 is 0 Å². The molecule has 1 aromatic carbocycles. The third-order valence-corrected chi connectivity index (χ3v) is 4.95. The zero-order valence-corrected chi connectivity index (χ0v) is 16.1. The van der Waals surface area contributed by atoms with Crippen molar-refractivity contribution < 1.29 is 14.3 Å². The van der Waals surface area contributed by atoms with Gasteiger partial charge in [0, 0.05) is 31.8 Å². The number of aryl methyl sites for hydroxylation is 1. The molecule has 0 spiro atoms. The molecule has 0 aliphatic carbocycles. The molecule has 7 nitrogen and oxygen atoms in total. The summed E-state index contributed by atoms with van der Waals surface area (Å²) in [4.78, 5) is 42.5. The number of carbonyl (C=O) groups excluding carboxylic acids is 2. The number of ether oxygens (including phenoxy) is 1. The minimum atomic E-state index is -0.486. The number of benzene rings is 1. The molecule has 0 bridgehead atoms. The summed E-state index contributed by atoms with van der Waals surface area (Å²) >= 11 is 0. The van der Waals surface area contributed by atoms with Crippen LogP contribution in [0.25, 0.3) is 5.65 Å². The van der Waals surface area contributed by atoms with Gasteiger partial charge in [0.2, 0.25) is 5.91 Å². The fourth-order valence-corrected chi connectivity index (χ4v) is 3.39. The van der Waals surface area contributed by atoms with Gasteiger partial charge in [0.05, 0.1) is 11.3 Å². The van der Waals surface area contributed by atoms with Crippen LogP contribution >= 0.6 is 0 Å². The third-order valence-electron chi connectivity index (χ3n) is 4.95. The number of hydrogen-bond acceptors (Lipinski definition) is 5. The van der Waals surface area contributed by atoms with Crippen LogP contribution in [-0.4, -0.2) is 32.7 Å². The number of hydrogen-bond donors (Lipinski definition) is 0. The molecule has 3 aromatic rings. The number of rotatable bonds is 5. The number of likely N-dealkylation sites (tertiary alicyclic amines) is 1. The Morgan fingerprint density at radius 2 is 1.93 bits per heavy atom. The standard InChI is InChI=1S/C22H21N3O4/c1-15-4-9-19-23-18(11-21(27)25(19)12-15)14-29-22(28)17-7-5-16(6-8-17)13-24-10-2-3-20(24)26/h4-9,11-12H,2-3,10,13-14H2,1H3. The number of nitrogens with zero attached hydrogens (tertiary/aromatic N) is 3. The molecule has 7 heteroatoms. The number of esters is 1. The van der Waals surface area contributed by atoms with Crippen molar-refractivity contribution in [3.8, 4) is 0 Å². The van der Waals surface area contributed by atoms with Crippen LogP contribution in [0.3, 0.4) is 0 Å². The summed E-state index contributed by atoms with van der Waals surface area (Å²) in [6, 6.07) is 12.0. The van der Waals surface area contributed by atoms with E-state index in [1.54, 1.807) is 24.4 Å². The van der Waals surface area contributed by atoms with E-state index in [9.17, 15) is 14.4 Å². The molecule has 0 atom stereocenters. The summed E-state index contributed by atoms with van der Waals surface area (Å²) in [7, 11) is 0. The molecule has 2 aromatic heterocycles. The Balaban J connectivity index is 1.40. The zero-order chi connectivity index (χ0) is 20.4. The van der Waals surface area contributed by atoms with Crippen molar-refractivity contribution in [3.05, 3.63) is 81.4 Å². The second kappa shape index (κ2) is 7.87. The predicted molar refractivity (Wildman–Crippen MR) is 106 cm³/mol. The number of carbonyl (C=O) groups is 2. The van der Waals surface area contributed by atoms with Crippen LogP contribution in [0.2, 0.25) is 0 Å². The molecule has 1 aliphatic heterocycles. The summed E-state index contributed by atoms with van der Waals surface area (Å²) in [6.45, 7) is 3.15. The Bertz CT molecular complexity index is 1130. The van der Waals surface area contributed by atoms with Gasteiger partial charge in [-0.1, -0.05) is 18.2 Å². The topological polar surface area (TPSA) is 81.0 Å². The smallest absolute Gasteiger partial charge is 0.338 e. The van der Waals surface area contributed by atoms with Crippen molar-refractivity contribution in [2.24, 2.45) is 0 Å². The molecule has 0 unspecified atom stereocenters. The Morgan fingerprint density at radius 3 is 2.66 bits per heavy atom. The fraction of sp³-hybridized carbons (Fsp3) is 0.273. The van der Waals surface area contributed by atoms with Gasteiger partial charge in [-0.25, -0.2) is 9.78 Å². The van der Waals surface area contributed by atoms with Crippen LogP contribution in [0, 0.1) is 6.92 Å². The SMILES string of the molecule is Cc1ccc2nc(COC(=O)c3ccc(CN4CCCC4=O)cc3)cc(=O)n2c1. The molecular formula is C22H21N3O4. The molecule has 0 N–H and O–H groups in total. The van der Waals surface area contributed by atoms with Crippen LogP contribution in [0.4, 0.5) is 0 Å². The largest absolute Gasteiger partial charge is 0.456 e. The fourth-order valence-electron chi connectivity index (χ4n) is 3.39. The van der Waals surface area contributed by atoms with E-state index in [0.29, 0.717) is 29.9 Å². The van der Waals surface area contributed by atoms with Crippen LogP contribution in [-0.2, 0) is 22.7 Å². The molecule has 1 aliphatic rings. The van der Waals surface area contributed by atoms with Gasteiger partial charge in [-0.3, -0.25) is 14.0 Å². The lowest BCUT2D eigenvalue weighted by Gasteiger charge is -2.15. The highest BCUT2D eigenvalue weighted by Crippen LogP contribution is 2.15. The minimum absolute atomic E-state index is 0.0809. The normalized spacial score (nSPS) is 13.8. The lowest BCUT2D eigenvalue weighted by atomic mass is 10.1. The van der Waals surface area contributed by atoms with E-state index in [0.717, 1.165) is 24.1 Å². The highest BCUT2D eigenvalue weighted by atomic mass is 16.5. The van der Waals surface area contributed by atoms with Crippen LogP contribution < -0.4 is 5.56 Å². The summed E-state index contributed by atoms with van der Waals surface area (Å²) in [5.41, 5.74) is 3.03. The minimum Gasteiger partial charge on any atom is -0.456 e. The first-order chi connectivity index (χ1) is 14.0. The number of amides is 1. The average Bonchev–Trinajstić information content (AvgIpc) is 3.12. The maximum atomic E-state index is 12.3. The van der Waals surface area contributed by atoms with Gasteiger partial charge in [0.1, 0.15) is 12.3 Å². The monoisotopic (exact) mass is 391 g/mol. The lowest BCUT2D eigenvalue weighted by Crippen LogP contribution is -2.23. The summed E-state index contributed by atoms with van der Waals surface area (Å²) in [5, 5.41) is 0. The first-order valence-electron chi connectivity index (χ1n) is 9.52. The van der Waals surface area contributed by atoms with E-state index in [4.69, 9.17) is 4.74 Å². The molecule has 3 heterocycles. The van der Waals surface area contributed by atoms with Gasteiger partial charge in [-0.05, 0) is 42.7 Å². The molecular weight excluding hydrogens is 370 g/mol. The Hall–Kier alpha value is -3.48. The Kier molecular flexibility index (Phi) is 5.12. The molecule has 148 valence electrons. The molecule has 1 fully saturated rings. The second-order valence-corrected chi connectivity index (χ2v) is 7.21. The number of pyridine rings is 1. The maximum Gasteiger partial charge on any atom is 0.338 e.